The summed E-state index contributed by atoms with van der Waals surface area (Å²) in [5, 5.41) is 15.5. The number of hydrogen-bond donors (Lipinski definition) is 3. The zero-order chi connectivity index (χ0) is 29.3. The van der Waals surface area contributed by atoms with Crippen LogP contribution in [0.5, 0.6) is 5.75 Å². The highest BCUT2D eigenvalue weighted by Crippen LogP contribution is 2.28. The summed E-state index contributed by atoms with van der Waals surface area (Å²) >= 11 is 0. The monoisotopic (exact) mass is 570 g/mol. The largest absolute Gasteiger partial charge is 0.490 e. The van der Waals surface area contributed by atoms with Crippen molar-refractivity contribution in [2.24, 2.45) is 5.92 Å². The molecule has 0 fully saturated rings. The zero-order valence-electron chi connectivity index (χ0n) is 24.3. The van der Waals surface area contributed by atoms with Gasteiger partial charge in [0.15, 0.2) is 0 Å². The van der Waals surface area contributed by atoms with E-state index in [1.54, 1.807) is 30.0 Å². The van der Waals surface area contributed by atoms with Gasteiger partial charge in [0.1, 0.15) is 5.75 Å². The van der Waals surface area contributed by atoms with Crippen molar-refractivity contribution in [2.75, 3.05) is 44.9 Å². The Morgan fingerprint density at radius 1 is 1.23 bits per heavy atom. The number of benzene rings is 1. The van der Waals surface area contributed by atoms with Crippen molar-refractivity contribution < 1.29 is 32.6 Å². The molecule has 4 atom stereocenters. The molecule has 11 nitrogen and oxygen atoms in total. The van der Waals surface area contributed by atoms with Crippen LogP contribution < -0.4 is 15.4 Å². The van der Waals surface area contributed by atoms with Crippen LogP contribution in [0.25, 0.3) is 0 Å². The van der Waals surface area contributed by atoms with Crippen LogP contribution in [0, 0.1) is 5.92 Å². The molecule has 12 heteroatoms. The molecule has 0 aliphatic carbocycles. The Morgan fingerprint density at radius 3 is 2.54 bits per heavy atom. The smallest absolute Gasteiger partial charge is 0.319 e. The first kappa shape index (κ1) is 32.8. The van der Waals surface area contributed by atoms with Crippen LogP contribution in [0.2, 0.25) is 0 Å². The minimum absolute atomic E-state index is 0.0626. The van der Waals surface area contributed by atoms with Crippen LogP contribution in [0.4, 0.5) is 10.5 Å². The molecule has 3 N–H and O–H groups in total. The van der Waals surface area contributed by atoms with E-state index in [-0.39, 0.29) is 49.2 Å². The predicted octanol–water partition coefficient (Wildman–Crippen LogP) is 2.90. The molecule has 0 saturated carbocycles. The molecular weight excluding hydrogens is 524 g/mol. The number of likely N-dealkylation sites (N-methyl/N-ethyl adjacent to an activating group) is 1. The number of carbonyl (C=O) groups is 2. The third-order valence-corrected chi connectivity index (χ3v) is 8.01. The molecular formula is C27H46N4O7S. The molecule has 3 amide bonds. The number of nitrogens with one attached hydrogen (secondary N) is 2. The number of amides is 3. The van der Waals surface area contributed by atoms with Crippen LogP contribution in [0.15, 0.2) is 18.2 Å². The average molecular weight is 571 g/mol. The van der Waals surface area contributed by atoms with Crippen LogP contribution in [-0.4, -0.2) is 98.6 Å². The fourth-order valence-corrected chi connectivity index (χ4v) is 4.70. The Bertz CT molecular complexity index is 1070. The topological polar surface area (TPSA) is 138 Å². The normalized spacial score (nSPS) is 22.6. The standard InChI is InChI=1S/C27H46N4O7S/c1-18(2)28-27(34)29-22-11-12-24-23(14-22)26(33)31(20(4)17-32)15-19(3)25(16-30(6)39(7,35)36)37-13-9-8-10-21(5)38-24/h11-12,14,18-21,25,32H,8-10,13,15-17H2,1-7H3,(H2,28,29,34)/t19-,20+,21-,25+/m1/s1. The predicted molar refractivity (Wildman–Crippen MR) is 152 cm³/mol. The van der Waals surface area contributed by atoms with Gasteiger partial charge in [-0.3, -0.25) is 4.79 Å². The molecule has 39 heavy (non-hydrogen) atoms. The number of hydrogen-bond acceptors (Lipinski definition) is 7. The summed E-state index contributed by atoms with van der Waals surface area (Å²) in [4.78, 5) is 27.9. The lowest BCUT2D eigenvalue weighted by atomic mass is 10.0. The number of urea groups is 1. The quantitative estimate of drug-likeness (QED) is 0.458. The minimum Gasteiger partial charge on any atom is -0.490 e. The highest BCUT2D eigenvalue weighted by Gasteiger charge is 2.31. The third kappa shape index (κ3) is 10.3. The second-order valence-electron chi connectivity index (χ2n) is 10.8. The highest BCUT2D eigenvalue weighted by atomic mass is 32.2. The van der Waals surface area contributed by atoms with Crippen molar-refractivity contribution in [2.45, 2.75) is 78.2 Å². The van der Waals surface area contributed by atoms with Gasteiger partial charge in [-0.2, -0.15) is 0 Å². The molecule has 1 aliphatic heterocycles. The molecule has 0 saturated heterocycles. The maximum atomic E-state index is 14.0. The van der Waals surface area contributed by atoms with Crippen molar-refractivity contribution >= 4 is 27.6 Å². The lowest BCUT2D eigenvalue weighted by Gasteiger charge is -2.35. The molecule has 222 valence electrons. The van der Waals surface area contributed by atoms with E-state index < -0.39 is 28.2 Å². The highest BCUT2D eigenvalue weighted by molar-refractivity contribution is 7.88. The van der Waals surface area contributed by atoms with Crippen molar-refractivity contribution in [1.82, 2.24) is 14.5 Å². The Labute approximate surface area is 233 Å². The summed E-state index contributed by atoms with van der Waals surface area (Å²) in [6.07, 6.45) is 2.84. The zero-order valence-corrected chi connectivity index (χ0v) is 25.1. The van der Waals surface area contributed by atoms with Gasteiger partial charge in [0.05, 0.1) is 36.7 Å². The van der Waals surface area contributed by atoms with E-state index in [1.165, 1.54) is 11.4 Å². The van der Waals surface area contributed by atoms with Crippen LogP contribution in [-0.2, 0) is 14.8 Å². The fourth-order valence-electron chi connectivity index (χ4n) is 4.28. The molecule has 1 aromatic carbocycles. The van der Waals surface area contributed by atoms with Crippen LogP contribution in [0.1, 0.15) is 64.2 Å². The molecule has 1 aromatic rings. The molecule has 0 spiro atoms. The number of anilines is 1. The number of sulfonamides is 1. The number of nitrogens with zero attached hydrogens (tertiary/aromatic N) is 2. The van der Waals surface area contributed by atoms with E-state index in [2.05, 4.69) is 10.6 Å². The van der Waals surface area contributed by atoms with E-state index in [9.17, 15) is 23.1 Å². The maximum Gasteiger partial charge on any atom is 0.319 e. The summed E-state index contributed by atoms with van der Waals surface area (Å²) in [7, 11) is -1.92. The molecule has 0 radical (unpaired) electrons. The van der Waals surface area contributed by atoms with Crippen LogP contribution >= 0.6 is 0 Å². The average Bonchev–Trinajstić information content (AvgIpc) is 2.84. The van der Waals surface area contributed by atoms with E-state index in [0.29, 0.717) is 18.0 Å². The van der Waals surface area contributed by atoms with Crippen molar-refractivity contribution in [3.63, 3.8) is 0 Å². The number of carbonyl (C=O) groups excluding carboxylic acids is 2. The first-order valence-electron chi connectivity index (χ1n) is 13.6. The van der Waals surface area contributed by atoms with E-state index >= 15 is 0 Å². The van der Waals surface area contributed by atoms with Gasteiger partial charge in [-0.05, 0) is 65.2 Å². The number of aliphatic hydroxyl groups is 1. The van der Waals surface area contributed by atoms with Gasteiger partial charge >= 0.3 is 6.03 Å². The molecule has 0 aromatic heterocycles. The minimum atomic E-state index is -3.43. The first-order valence-corrected chi connectivity index (χ1v) is 15.4. The number of fused-ring (bicyclic) bond motifs is 1. The summed E-state index contributed by atoms with van der Waals surface area (Å²) in [6.45, 7) is 9.82. The SMILES string of the molecule is CC(C)NC(=O)Nc1ccc2c(c1)C(=O)N([C@@H](C)CO)C[C@@H](C)[C@H](CN(C)S(C)(=O)=O)OCCCC[C@@H](C)O2. The van der Waals surface area contributed by atoms with Crippen molar-refractivity contribution in [3.05, 3.63) is 23.8 Å². The Morgan fingerprint density at radius 2 is 1.92 bits per heavy atom. The van der Waals surface area contributed by atoms with Gasteiger partial charge in [-0.1, -0.05) is 6.92 Å². The van der Waals surface area contributed by atoms with E-state index in [4.69, 9.17) is 9.47 Å². The van der Waals surface area contributed by atoms with Gasteiger partial charge < -0.3 is 30.1 Å². The summed E-state index contributed by atoms with van der Waals surface area (Å²) in [5.74, 6) is -0.228. The number of ether oxygens (including phenoxy) is 2. The summed E-state index contributed by atoms with van der Waals surface area (Å²) in [5.41, 5.74) is 0.692. The van der Waals surface area contributed by atoms with E-state index in [0.717, 1.165) is 25.5 Å². The summed E-state index contributed by atoms with van der Waals surface area (Å²) in [6, 6.07) is 3.97. The Balaban J connectivity index is 2.49. The first-order chi connectivity index (χ1) is 18.2. The van der Waals surface area contributed by atoms with Gasteiger partial charge in [0, 0.05) is 44.4 Å². The third-order valence-electron chi connectivity index (χ3n) is 6.73. The summed E-state index contributed by atoms with van der Waals surface area (Å²) < 4.78 is 37.8. The lowest BCUT2D eigenvalue weighted by Crippen LogP contribution is -2.48. The number of rotatable bonds is 7. The molecule has 0 bridgehead atoms. The molecule has 2 rings (SSSR count). The van der Waals surface area contributed by atoms with Gasteiger partial charge in [0.25, 0.3) is 5.91 Å². The van der Waals surface area contributed by atoms with Crippen molar-refractivity contribution in [3.8, 4) is 5.75 Å². The van der Waals surface area contributed by atoms with Gasteiger partial charge in [-0.15, -0.1) is 0 Å². The maximum absolute atomic E-state index is 14.0. The lowest BCUT2D eigenvalue weighted by molar-refractivity contribution is -0.00828. The Hall–Kier alpha value is -2.41. The Kier molecular flexibility index (Phi) is 12.5. The second-order valence-corrected chi connectivity index (χ2v) is 12.9. The fraction of sp³-hybridized carbons (Fsp3) is 0.704. The molecule has 1 aliphatic rings. The van der Waals surface area contributed by atoms with Gasteiger partial charge in [-0.25, -0.2) is 17.5 Å². The second kappa shape index (κ2) is 14.8. The van der Waals surface area contributed by atoms with Crippen molar-refractivity contribution in [1.29, 1.82) is 0 Å². The van der Waals surface area contributed by atoms with Crippen LogP contribution in [0.3, 0.4) is 0 Å². The van der Waals surface area contributed by atoms with E-state index in [1.807, 2.05) is 27.7 Å². The number of aliphatic hydroxyl groups excluding tert-OH is 1. The van der Waals surface area contributed by atoms with Gasteiger partial charge in [0.2, 0.25) is 10.0 Å². The molecule has 1 heterocycles. The molecule has 0 unspecified atom stereocenters.